The van der Waals surface area contributed by atoms with E-state index in [0.717, 1.165) is 6.42 Å². The fourth-order valence-electron chi connectivity index (χ4n) is 3.47. The zero-order valence-corrected chi connectivity index (χ0v) is 18.0. The second kappa shape index (κ2) is 8.79. The molecular weight excluding hydrogens is 360 g/mol. The summed E-state index contributed by atoms with van der Waals surface area (Å²) in [5.74, 6) is 0.359. The van der Waals surface area contributed by atoms with Crippen LogP contribution >= 0.6 is 0 Å². The minimum Gasteiger partial charge on any atom is -0.299 e. The van der Waals surface area contributed by atoms with Crippen LogP contribution in [0.25, 0.3) is 0 Å². The Morgan fingerprint density at radius 2 is 1.18 bits per heavy atom. The van der Waals surface area contributed by atoms with Crippen LogP contribution in [0.3, 0.4) is 0 Å². The van der Waals surface area contributed by atoms with E-state index in [-0.39, 0.29) is 22.2 Å². The Labute approximate surface area is 172 Å². The molecule has 0 heterocycles. The third-order valence-corrected chi connectivity index (χ3v) is 7.08. The first-order valence-corrected chi connectivity index (χ1v) is 11.1. The van der Waals surface area contributed by atoms with Gasteiger partial charge in [-0.15, -0.1) is 0 Å². The first-order chi connectivity index (χ1) is 13.4. The van der Waals surface area contributed by atoms with Gasteiger partial charge in [0.1, 0.15) is 5.78 Å². The Balaban J connectivity index is 1.86. The summed E-state index contributed by atoms with van der Waals surface area (Å²) in [5, 5.41) is 0. The first-order valence-electron chi connectivity index (χ1n) is 9.84. The second-order valence-corrected chi connectivity index (χ2v) is 10.3. The quantitative estimate of drug-likeness (QED) is 0.435. The second-order valence-electron chi connectivity index (χ2n) is 8.30. The van der Waals surface area contributed by atoms with Gasteiger partial charge in [0.2, 0.25) is 0 Å². The lowest BCUT2D eigenvalue weighted by molar-refractivity contribution is -0.129. The van der Waals surface area contributed by atoms with Crippen LogP contribution in [0, 0.1) is 11.3 Å². The molecule has 0 amide bonds. The van der Waals surface area contributed by atoms with Crippen LogP contribution in [0.5, 0.6) is 0 Å². The summed E-state index contributed by atoms with van der Waals surface area (Å²) in [6.07, 6.45) is 0.792. The molecule has 0 aliphatic rings. The molecule has 0 bridgehead atoms. The van der Waals surface area contributed by atoms with Gasteiger partial charge < -0.3 is 0 Å². The van der Waals surface area contributed by atoms with Crippen molar-refractivity contribution in [1.82, 2.24) is 0 Å². The maximum absolute atomic E-state index is 12.5. The van der Waals surface area contributed by atoms with Gasteiger partial charge in [-0.3, -0.25) is 4.79 Å². The topological polar surface area (TPSA) is 17.1 Å². The van der Waals surface area contributed by atoms with Crippen LogP contribution in [0.4, 0.5) is 0 Å². The van der Waals surface area contributed by atoms with Crippen molar-refractivity contribution in [3.8, 4) is 0 Å². The highest BCUT2D eigenvalue weighted by Crippen LogP contribution is 2.31. The van der Waals surface area contributed by atoms with Crippen LogP contribution in [-0.4, -0.2) is 5.78 Å². The summed E-state index contributed by atoms with van der Waals surface area (Å²) in [6, 6.07) is 30.2. The van der Waals surface area contributed by atoms with Crippen LogP contribution in [0.15, 0.2) is 99.6 Å². The summed E-state index contributed by atoms with van der Waals surface area (Å²) < 4.78 is 0. The van der Waals surface area contributed by atoms with Gasteiger partial charge in [-0.25, -0.2) is 0 Å². The van der Waals surface area contributed by atoms with Crippen LogP contribution in [0.2, 0.25) is 0 Å². The van der Waals surface area contributed by atoms with E-state index >= 15 is 0 Å². The van der Waals surface area contributed by atoms with Gasteiger partial charge in [-0.2, -0.15) is 0 Å². The van der Waals surface area contributed by atoms with E-state index in [1.54, 1.807) is 0 Å². The van der Waals surface area contributed by atoms with E-state index in [0.29, 0.717) is 5.78 Å². The van der Waals surface area contributed by atoms with E-state index in [9.17, 15) is 4.79 Å². The summed E-state index contributed by atoms with van der Waals surface area (Å²) in [5.41, 5.74) is 0.936. The van der Waals surface area contributed by atoms with Crippen molar-refractivity contribution in [3.05, 3.63) is 90.5 Å². The highest BCUT2D eigenvalue weighted by Gasteiger charge is 2.29. The predicted molar refractivity (Wildman–Crippen MR) is 119 cm³/mol. The Morgan fingerprint density at radius 3 is 1.61 bits per heavy atom. The van der Waals surface area contributed by atoms with Crippen molar-refractivity contribution < 1.29 is 4.79 Å². The highest BCUT2D eigenvalue weighted by atomic mass is 32.2. The van der Waals surface area contributed by atoms with Gasteiger partial charge in [-0.1, -0.05) is 76.2 Å². The van der Waals surface area contributed by atoms with Gasteiger partial charge in [0.05, 0.1) is 10.9 Å². The molecule has 144 valence electrons. The zero-order chi connectivity index (χ0) is 20.1. The molecule has 0 saturated heterocycles. The van der Waals surface area contributed by atoms with Crippen molar-refractivity contribution in [1.29, 1.82) is 0 Å². The highest BCUT2D eigenvalue weighted by molar-refractivity contribution is 7.97. The lowest BCUT2D eigenvalue weighted by Gasteiger charge is -2.21. The first kappa shape index (κ1) is 20.4. The van der Waals surface area contributed by atoms with Crippen LogP contribution in [0.1, 0.15) is 33.3 Å². The number of carbonyl (C=O) groups is 1. The molecule has 3 aromatic rings. The van der Waals surface area contributed by atoms with Gasteiger partial charge >= 0.3 is 0 Å². The molecule has 1 unspecified atom stereocenters. The zero-order valence-electron chi connectivity index (χ0n) is 17.2. The SMILES string of the molecule is CC(Cc1ccc([S+](c2ccccc2)c2ccccc2)cc1)C(=O)C(C)(C)C. The molecule has 3 aromatic carbocycles. The Kier molecular flexibility index (Phi) is 6.41. The molecule has 0 aromatic heterocycles. The minimum absolute atomic E-state index is 0.0346. The third-order valence-electron chi connectivity index (χ3n) is 4.85. The fourth-order valence-corrected chi connectivity index (χ4v) is 5.55. The number of carbonyl (C=O) groups excluding carboxylic acids is 1. The molecule has 0 aliphatic carbocycles. The average Bonchev–Trinajstić information content (AvgIpc) is 2.70. The van der Waals surface area contributed by atoms with Crippen molar-refractivity contribution in [2.24, 2.45) is 11.3 Å². The molecule has 0 aliphatic heterocycles. The molecule has 0 radical (unpaired) electrons. The number of hydrogen-bond acceptors (Lipinski definition) is 1. The van der Waals surface area contributed by atoms with Crippen LogP contribution < -0.4 is 0 Å². The molecule has 1 nitrogen and oxygen atoms in total. The standard InChI is InChI=1S/C26H29OS/c1-20(25(27)26(2,3)4)19-21-15-17-24(18-16-21)28(22-11-7-5-8-12-22)23-13-9-6-10-14-23/h5-18,20H,19H2,1-4H3/q+1. The lowest BCUT2D eigenvalue weighted by Crippen LogP contribution is -2.27. The summed E-state index contributed by atoms with van der Waals surface area (Å²) >= 11 is 0. The fraction of sp³-hybridized carbons (Fsp3) is 0.269. The maximum Gasteiger partial charge on any atom is 0.166 e. The predicted octanol–water partition coefficient (Wildman–Crippen LogP) is 6.58. The minimum atomic E-state index is -0.285. The Bertz CT molecular complexity index is 853. The average molecular weight is 390 g/mol. The normalized spacial score (nSPS) is 12.8. The largest absolute Gasteiger partial charge is 0.299 e. The molecule has 0 spiro atoms. The van der Waals surface area contributed by atoms with E-state index in [4.69, 9.17) is 0 Å². The third kappa shape index (κ3) is 4.94. The lowest BCUT2D eigenvalue weighted by atomic mass is 9.81. The van der Waals surface area contributed by atoms with E-state index in [1.165, 1.54) is 20.2 Å². The molecule has 3 rings (SSSR count). The van der Waals surface area contributed by atoms with E-state index in [1.807, 2.05) is 27.7 Å². The van der Waals surface area contributed by atoms with Gasteiger partial charge in [0.15, 0.2) is 14.7 Å². The molecule has 0 N–H and O–H groups in total. The number of ketones is 1. The van der Waals surface area contributed by atoms with Gasteiger partial charge in [0.25, 0.3) is 0 Å². The van der Waals surface area contributed by atoms with Crippen molar-refractivity contribution in [3.63, 3.8) is 0 Å². The van der Waals surface area contributed by atoms with Crippen molar-refractivity contribution in [2.75, 3.05) is 0 Å². The van der Waals surface area contributed by atoms with E-state index in [2.05, 4.69) is 84.9 Å². The van der Waals surface area contributed by atoms with Crippen LogP contribution in [-0.2, 0) is 22.1 Å². The molecule has 2 heteroatoms. The molecular formula is C26H29OS+. The van der Waals surface area contributed by atoms with Crippen molar-refractivity contribution in [2.45, 2.75) is 48.8 Å². The molecule has 28 heavy (non-hydrogen) atoms. The summed E-state index contributed by atoms with van der Waals surface area (Å²) in [4.78, 5) is 16.5. The summed E-state index contributed by atoms with van der Waals surface area (Å²) in [6.45, 7) is 8.04. The number of Topliss-reactive ketones (excluding diaryl/α,β-unsaturated/α-hetero) is 1. The molecule has 1 atom stereocenters. The van der Waals surface area contributed by atoms with E-state index < -0.39 is 0 Å². The monoisotopic (exact) mass is 389 g/mol. The molecule has 0 fully saturated rings. The summed E-state index contributed by atoms with van der Waals surface area (Å²) in [7, 11) is -0.125. The number of hydrogen-bond donors (Lipinski definition) is 0. The van der Waals surface area contributed by atoms with Crippen molar-refractivity contribution >= 4 is 16.7 Å². The molecule has 0 saturated carbocycles. The Morgan fingerprint density at radius 1 is 0.750 bits per heavy atom. The number of rotatable bonds is 6. The smallest absolute Gasteiger partial charge is 0.166 e. The van der Waals surface area contributed by atoms with Gasteiger partial charge in [0, 0.05) is 11.3 Å². The maximum atomic E-state index is 12.5. The van der Waals surface area contributed by atoms with Gasteiger partial charge in [-0.05, 0) is 48.4 Å². The Hall–Kier alpha value is -2.32. The number of benzene rings is 3.